The van der Waals surface area contributed by atoms with E-state index in [9.17, 15) is 13.2 Å². The van der Waals surface area contributed by atoms with Gasteiger partial charge in [0.1, 0.15) is 0 Å². The van der Waals surface area contributed by atoms with E-state index in [4.69, 9.17) is 5.90 Å². The van der Waals surface area contributed by atoms with Crippen molar-refractivity contribution in [2.75, 3.05) is 0 Å². The van der Waals surface area contributed by atoms with Gasteiger partial charge in [-0.15, -0.1) is 0 Å². The first-order chi connectivity index (χ1) is 10.5. The Kier molecular flexibility index (Phi) is 3.44. The van der Waals surface area contributed by atoms with Crippen LogP contribution in [0.2, 0.25) is 0 Å². The van der Waals surface area contributed by atoms with E-state index in [1.165, 1.54) is 34.4 Å². The van der Waals surface area contributed by atoms with Crippen LogP contribution >= 0.6 is 0 Å². The highest BCUT2D eigenvalue weighted by atomic mass is 32.2. The first-order valence-electron chi connectivity index (χ1n) is 6.37. The molecular weight excluding hydrogens is 304 g/mol. The summed E-state index contributed by atoms with van der Waals surface area (Å²) in [5, 5.41) is 0.599. The van der Waals surface area contributed by atoms with Gasteiger partial charge in [0.25, 0.3) is 10.0 Å². The number of rotatable bonds is 3. The number of hydrogen-bond acceptors (Lipinski definition) is 5. The van der Waals surface area contributed by atoms with Crippen molar-refractivity contribution in [3.63, 3.8) is 0 Å². The number of fused-ring (bicyclic) bond motifs is 1. The maximum Gasteiger partial charge on any atom is 0.356 e. The van der Waals surface area contributed by atoms with Gasteiger partial charge in [0, 0.05) is 11.6 Å². The summed E-state index contributed by atoms with van der Waals surface area (Å²) in [6.45, 7) is 0. The molecule has 7 heteroatoms. The first kappa shape index (κ1) is 14.3. The Morgan fingerprint density at radius 3 is 2.45 bits per heavy atom. The molecule has 0 amide bonds. The topological polar surface area (TPSA) is 91.4 Å². The van der Waals surface area contributed by atoms with Crippen LogP contribution in [0.15, 0.2) is 65.7 Å². The molecule has 0 spiro atoms. The van der Waals surface area contributed by atoms with Gasteiger partial charge in [-0.25, -0.2) is 17.2 Å². The maximum atomic E-state index is 12.6. The molecule has 3 rings (SSSR count). The van der Waals surface area contributed by atoms with Gasteiger partial charge in [-0.2, -0.15) is 5.90 Å². The number of carbonyl (C=O) groups is 1. The van der Waals surface area contributed by atoms with E-state index < -0.39 is 16.0 Å². The van der Waals surface area contributed by atoms with Gasteiger partial charge in [-0.05, 0) is 36.4 Å². The molecule has 2 N–H and O–H groups in total. The van der Waals surface area contributed by atoms with Crippen LogP contribution in [-0.4, -0.2) is 18.4 Å². The van der Waals surface area contributed by atoms with Gasteiger partial charge in [-0.1, -0.05) is 18.2 Å². The quantitative estimate of drug-likeness (QED) is 0.745. The molecule has 0 aliphatic carbocycles. The third-order valence-electron chi connectivity index (χ3n) is 3.30. The lowest BCUT2D eigenvalue weighted by Crippen LogP contribution is -2.12. The second-order valence-electron chi connectivity index (χ2n) is 4.61. The number of nitrogens with two attached hydrogens (primary N) is 1. The predicted octanol–water partition coefficient (Wildman–Crippen LogP) is 1.91. The molecule has 1 heterocycles. The van der Waals surface area contributed by atoms with Crippen LogP contribution in [0.5, 0.6) is 0 Å². The fourth-order valence-electron chi connectivity index (χ4n) is 2.23. The van der Waals surface area contributed by atoms with Crippen molar-refractivity contribution in [3.8, 4) is 0 Å². The number of hydrogen-bond donors (Lipinski definition) is 1. The number of nitrogens with zero attached hydrogens (tertiary/aromatic N) is 1. The van der Waals surface area contributed by atoms with Gasteiger partial charge in [0.15, 0.2) is 0 Å². The minimum absolute atomic E-state index is 0.193. The maximum absolute atomic E-state index is 12.6. The zero-order valence-electron chi connectivity index (χ0n) is 11.3. The Balaban J connectivity index is 2.15. The molecule has 22 heavy (non-hydrogen) atoms. The molecule has 6 nitrogen and oxygen atoms in total. The predicted molar refractivity (Wildman–Crippen MR) is 80.6 cm³/mol. The summed E-state index contributed by atoms with van der Waals surface area (Å²) in [5.74, 6) is 4.17. The van der Waals surface area contributed by atoms with Crippen molar-refractivity contribution in [2.24, 2.45) is 5.90 Å². The highest BCUT2D eigenvalue weighted by molar-refractivity contribution is 7.90. The summed E-state index contributed by atoms with van der Waals surface area (Å²) in [7, 11) is -3.69. The summed E-state index contributed by atoms with van der Waals surface area (Å²) in [6.07, 6.45) is 1.45. The standard InChI is InChI=1S/C15H12N2O4S/c16-21-15(18)12-6-7-14-11(10-12)8-9-17(14)22(19,20)13-4-2-1-3-5-13/h1-10H,16H2. The molecule has 0 saturated carbocycles. The minimum atomic E-state index is -3.69. The van der Waals surface area contributed by atoms with Crippen LogP contribution in [-0.2, 0) is 14.9 Å². The smallest absolute Gasteiger partial charge is 0.356 e. The summed E-state index contributed by atoms with van der Waals surface area (Å²) >= 11 is 0. The number of benzene rings is 2. The van der Waals surface area contributed by atoms with Crippen LogP contribution in [0.25, 0.3) is 10.9 Å². The van der Waals surface area contributed by atoms with Crippen molar-refractivity contribution in [3.05, 3.63) is 66.4 Å². The molecule has 0 radical (unpaired) electrons. The zero-order valence-corrected chi connectivity index (χ0v) is 12.2. The first-order valence-corrected chi connectivity index (χ1v) is 7.81. The average Bonchev–Trinajstić information content (AvgIpc) is 2.98. The molecular formula is C15H12N2O4S. The highest BCUT2D eigenvalue weighted by Crippen LogP contribution is 2.23. The second-order valence-corrected chi connectivity index (χ2v) is 6.42. The van der Waals surface area contributed by atoms with Crippen molar-refractivity contribution in [2.45, 2.75) is 4.90 Å². The Labute approximate surface area is 126 Å². The van der Waals surface area contributed by atoms with Crippen LogP contribution in [0.4, 0.5) is 0 Å². The van der Waals surface area contributed by atoms with E-state index in [-0.39, 0.29) is 10.5 Å². The molecule has 0 fully saturated rings. The van der Waals surface area contributed by atoms with Crippen LogP contribution in [0, 0.1) is 0 Å². The molecule has 0 saturated heterocycles. The third kappa shape index (κ3) is 2.26. The van der Waals surface area contributed by atoms with E-state index in [0.717, 1.165) is 0 Å². The molecule has 2 aromatic carbocycles. The average molecular weight is 316 g/mol. The lowest BCUT2D eigenvalue weighted by molar-refractivity contribution is 0.0503. The van der Waals surface area contributed by atoms with Crippen molar-refractivity contribution in [1.29, 1.82) is 0 Å². The van der Waals surface area contributed by atoms with E-state index in [1.807, 2.05) is 0 Å². The van der Waals surface area contributed by atoms with Gasteiger partial charge < -0.3 is 4.84 Å². The van der Waals surface area contributed by atoms with Gasteiger partial charge >= 0.3 is 5.97 Å². The Hall–Kier alpha value is -2.64. The van der Waals surface area contributed by atoms with Crippen molar-refractivity contribution < 1.29 is 18.0 Å². The molecule has 0 aliphatic rings. The highest BCUT2D eigenvalue weighted by Gasteiger charge is 2.19. The Morgan fingerprint density at radius 1 is 1.05 bits per heavy atom. The minimum Gasteiger partial charge on any atom is -0.370 e. The van der Waals surface area contributed by atoms with Gasteiger partial charge in [0.05, 0.1) is 16.0 Å². The molecule has 0 unspecified atom stereocenters. The van der Waals surface area contributed by atoms with Gasteiger partial charge in [0.2, 0.25) is 0 Å². The van der Waals surface area contributed by atoms with Crippen molar-refractivity contribution >= 4 is 26.9 Å². The summed E-state index contributed by atoms with van der Waals surface area (Å²) in [6, 6.07) is 14.3. The van der Waals surface area contributed by atoms with E-state index in [2.05, 4.69) is 4.84 Å². The Morgan fingerprint density at radius 2 is 1.77 bits per heavy atom. The fourth-order valence-corrected chi connectivity index (χ4v) is 3.60. The zero-order chi connectivity index (χ0) is 15.7. The number of aromatic nitrogens is 1. The van der Waals surface area contributed by atoms with E-state index >= 15 is 0 Å². The summed E-state index contributed by atoms with van der Waals surface area (Å²) in [4.78, 5) is 15.8. The molecule has 0 aliphatic heterocycles. The lowest BCUT2D eigenvalue weighted by Gasteiger charge is -2.07. The normalized spacial score (nSPS) is 11.5. The molecule has 112 valence electrons. The lowest BCUT2D eigenvalue weighted by atomic mass is 10.1. The Bertz CT molecular complexity index is 946. The second kappa shape index (κ2) is 5.28. The molecule has 1 aromatic heterocycles. The largest absolute Gasteiger partial charge is 0.370 e. The molecule has 0 bridgehead atoms. The van der Waals surface area contributed by atoms with E-state index in [0.29, 0.717) is 10.9 Å². The number of carbonyl (C=O) groups excluding carboxylic acids is 1. The van der Waals surface area contributed by atoms with E-state index in [1.54, 1.807) is 30.3 Å². The SMILES string of the molecule is NOC(=O)c1ccc2c(ccn2S(=O)(=O)c2ccccc2)c1. The fraction of sp³-hybridized carbons (Fsp3) is 0. The van der Waals surface area contributed by atoms with Crippen LogP contribution in [0.3, 0.4) is 0 Å². The van der Waals surface area contributed by atoms with Crippen LogP contribution < -0.4 is 5.90 Å². The van der Waals surface area contributed by atoms with Gasteiger partial charge in [-0.3, -0.25) is 0 Å². The summed E-state index contributed by atoms with van der Waals surface area (Å²) in [5.41, 5.74) is 0.724. The van der Waals surface area contributed by atoms with Crippen LogP contribution in [0.1, 0.15) is 10.4 Å². The third-order valence-corrected chi connectivity index (χ3v) is 5.00. The molecule has 3 aromatic rings. The molecule has 0 atom stereocenters. The summed E-state index contributed by atoms with van der Waals surface area (Å²) < 4.78 is 26.4. The monoisotopic (exact) mass is 316 g/mol. The van der Waals surface area contributed by atoms with Crippen molar-refractivity contribution in [1.82, 2.24) is 3.97 Å².